The number of aliphatic hydroxyl groups is 1. The molecule has 0 bridgehead atoms. The first-order valence-electron chi connectivity index (χ1n) is 4.89. The van der Waals surface area contributed by atoms with Gasteiger partial charge in [0.15, 0.2) is 0 Å². The molecule has 92 valence electrons. The summed E-state index contributed by atoms with van der Waals surface area (Å²) in [5.41, 5.74) is 7.33. The van der Waals surface area contributed by atoms with E-state index >= 15 is 0 Å². The molecule has 5 heteroatoms. The first-order valence-corrected chi connectivity index (χ1v) is 5.63. The van der Waals surface area contributed by atoms with Gasteiger partial charge in [-0.1, -0.05) is 32.4 Å². The maximum absolute atomic E-state index is 10.8. The van der Waals surface area contributed by atoms with Gasteiger partial charge in [0.1, 0.15) is 5.76 Å². The molecule has 0 spiro atoms. The fourth-order valence-electron chi connectivity index (χ4n) is 1.47. The summed E-state index contributed by atoms with van der Waals surface area (Å²) in [5.74, 6) is 0.0745. The zero-order valence-corrected chi connectivity index (χ0v) is 11.4. The van der Waals surface area contributed by atoms with Crippen molar-refractivity contribution in [1.82, 2.24) is 0 Å². The molecule has 16 heavy (non-hydrogen) atoms. The summed E-state index contributed by atoms with van der Waals surface area (Å²) in [4.78, 5) is 0.475. The molecule has 0 fully saturated rings. The molecule has 3 N–H and O–H groups in total. The number of nitrogens with two attached hydrogens (primary N) is 1. The van der Waals surface area contributed by atoms with Crippen LogP contribution in [0.25, 0.3) is 0 Å². The number of hydrogen-bond acceptors (Lipinski definition) is 3. The summed E-state index contributed by atoms with van der Waals surface area (Å²) >= 11 is 0.355. The molecule has 0 aromatic heterocycles. The standard InChI is InChI=1S/C11H17NO2S.ClH/c1-11(2,3)8-4-7(6-12)10(13)9(5-8)15-14;/h4,13H,5-6,12H2,1-3H3;1H. The van der Waals surface area contributed by atoms with Crippen LogP contribution in [-0.4, -0.2) is 20.7 Å². The molecular weight excluding hydrogens is 246 g/mol. The maximum atomic E-state index is 10.8. The van der Waals surface area contributed by atoms with Gasteiger partial charge < -0.3 is 10.8 Å². The zero-order valence-electron chi connectivity index (χ0n) is 9.74. The van der Waals surface area contributed by atoms with Crippen LogP contribution in [0.5, 0.6) is 0 Å². The van der Waals surface area contributed by atoms with Crippen molar-refractivity contribution in [3.05, 3.63) is 23.0 Å². The highest BCUT2D eigenvalue weighted by molar-refractivity contribution is 7.67. The van der Waals surface area contributed by atoms with Crippen molar-refractivity contribution in [2.75, 3.05) is 6.54 Å². The summed E-state index contributed by atoms with van der Waals surface area (Å²) < 4.78 is 10.8. The van der Waals surface area contributed by atoms with E-state index in [9.17, 15) is 9.32 Å². The molecule has 0 heterocycles. The number of halogens is 1. The average molecular weight is 264 g/mol. The van der Waals surface area contributed by atoms with Crippen molar-refractivity contribution < 1.29 is 9.32 Å². The van der Waals surface area contributed by atoms with Gasteiger partial charge in [-0.05, 0) is 5.41 Å². The van der Waals surface area contributed by atoms with Crippen LogP contribution in [0.4, 0.5) is 0 Å². The second-order valence-corrected chi connectivity index (χ2v) is 5.34. The Balaban J connectivity index is 0.00000225. The second-order valence-electron chi connectivity index (χ2n) is 4.68. The Morgan fingerprint density at radius 1 is 1.50 bits per heavy atom. The van der Waals surface area contributed by atoms with Crippen molar-refractivity contribution in [3.8, 4) is 0 Å². The molecule has 0 aromatic carbocycles. The number of hydrogen-bond donors (Lipinski definition) is 2. The van der Waals surface area contributed by atoms with Crippen molar-refractivity contribution in [3.63, 3.8) is 0 Å². The molecule has 1 rings (SSSR count). The SMILES string of the molecule is CC(C)(C)C1=CC(CN)=C(O)C(=S=O)C1.Cl. The van der Waals surface area contributed by atoms with Crippen LogP contribution < -0.4 is 5.73 Å². The predicted molar refractivity (Wildman–Crippen MR) is 71.3 cm³/mol. The molecule has 0 aromatic rings. The monoisotopic (exact) mass is 263 g/mol. The minimum absolute atomic E-state index is 0. The molecule has 0 saturated carbocycles. The van der Waals surface area contributed by atoms with Gasteiger partial charge >= 0.3 is 0 Å². The van der Waals surface area contributed by atoms with Crippen LogP contribution in [0, 0.1) is 5.41 Å². The number of aliphatic hydroxyl groups excluding tert-OH is 1. The lowest BCUT2D eigenvalue weighted by Gasteiger charge is -2.27. The lowest BCUT2D eigenvalue weighted by atomic mass is 9.80. The van der Waals surface area contributed by atoms with E-state index in [0.717, 1.165) is 5.57 Å². The molecule has 0 radical (unpaired) electrons. The van der Waals surface area contributed by atoms with E-state index in [-0.39, 0.29) is 30.1 Å². The smallest absolute Gasteiger partial charge is 0.136 e. The Morgan fingerprint density at radius 3 is 2.44 bits per heavy atom. The van der Waals surface area contributed by atoms with Gasteiger partial charge in [-0.3, -0.25) is 0 Å². The Kier molecular flexibility index (Phi) is 5.46. The first-order chi connectivity index (χ1) is 6.90. The zero-order chi connectivity index (χ0) is 11.6. The van der Waals surface area contributed by atoms with Gasteiger partial charge in [0.05, 0.1) is 16.1 Å². The Hall–Kier alpha value is -0.580. The van der Waals surface area contributed by atoms with Gasteiger partial charge in [-0.25, -0.2) is 4.21 Å². The van der Waals surface area contributed by atoms with E-state index in [0.29, 0.717) is 28.1 Å². The lowest BCUT2D eigenvalue weighted by Crippen LogP contribution is -2.22. The van der Waals surface area contributed by atoms with E-state index in [1.807, 2.05) is 6.08 Å². The molecule has 0 atom stereocenters. The highest BCUT2D eigenvalue weighted by Gasteiger charge is 2.25. The summed E-state index contributed by atoms with van der Waals surface area (Å²) in [6.45, 7) is 6.52. The van der Waals surface area contributed by atoms with Crippen LogP contribution in [0.2, 0.25) is 0 Å². The quantitative estimate of drug-likeness (QED) is 0.711. The van der Waals surface area contributed by atoms with E-state index in [4.69, 9.17) is 5.73 Å². The van der Waals surface area contributed by atoms with Crippen LogP contribution >= 0.6 is 12.4 Å². The van der Waals surface area contributed by atoms with Crippen LogP contribution in [-0.2, 0) is 11.3 Å². The molecular formula is C11H18ClNO2S. The summed E-state index contributed by atoms with van der Waals surface area (Å²) in [6.07, 6.45) is 2.45. The average Bonchev–Trinajstić information content (AvgIpc) is 2.16. The van der Waals surface area contributed by atoms with Crippen molar-refractivity contribution in [1.29, 1.82) is 0 Å². The van der Waals surface area contributed by atoms with Crippen LogP contribution in [0.1, 0.15) is 27.2 Å². The summed E-state index contributed by atoms with van der Waals surface area (Å²) in [5, 5.41) is 9.71. The van der Waals surface area contributed by atoms with Crippen LogP contribution in [0.15, 0.2) is 23.0 Å². The van der Waals surface area contributed by atoms with Gasteiger partial charge in [0, 0.05) is 18.5 Å². The van der Waals surface area contributed by atoms with Gasteiger partial charge in [-0.15, -0.1) is 12.4 Å². The lowest BCUT2D eigenvalue weighted by molar-refractivity contribution is 0.430. The van der Waals surface area contributed by atoms with Gasteiger partial charge in [0.2, 0.25) is 0 Å². The minimum Gasteiger partial charge on any atom is -0.506 e. The molecule has 0 saturated heterocycles. The molecule has 3 nitrogen and oxygen atoms in total. The summed E-state index contributed by atoms with van der Waals surface area (Å²) in [7, 11) is 0. The van der Waals surface area contributed by atoms with E-state index in [1.165, 1.54) is 0 Å². The molecule has 0 aliphatic heterocycles. The number of rotatable bonds is 1. The molecule has 0 unspecified atom stereocenters. The third-order valence-electron chi connectivity index (χ3n) is 2.55. The van der Waals surface area contributed by atoms with Gasteiger partial charge in [-0.2, -0.15) is 0 Å². The van der Waals surface area contributed by atoms with Crippen molar-refractivity contribution in [2.45, 2.75) is 27.2 Å². The Labute approximate surface area is 106 Å². The largest absolute Gasteiger partial charge is 0.506 e. The normalized spacial score (nSPS) is 16.8. The van der Waals surface area contributed by atoms with Crippen molar-refractivity contribution in [2.24, 2.45) is 11.1 Å². The fraction of sp³-hybridized carbons (Fsp3) is 0.545. The second kappa shape index (κ2) is 5.66. The third-order valence-corrected chi connectivity index (χ3v) is 3.09. The summed E-state index contributed by atoms with van der Waals surface area (Å²) in [6, 6.07) is 0. The minimum atomic E-state index is 0. The predicted octanol–water partition coefficient (Wildman–Crippen LogP) is 1.94. The number of allylic oxidation sites excluding steroid dienone is 2. The Bertz CT molecular complexity index is 387. The highest BCUT2D eigenvalue weighted by atomic mass is 35.5. The molecule has 1 aliphatic rings. The van der Waals surface area contributed by atoms with Crippen molar-refractivity contribution >= 4 is 28.5 Å². The highest BCUT2D eigenvalue weighted by Crippen LogP contribution is 2.33. The third kappa shape index (κ3) is 3.20. The van der Waals surface area contributed by atoms with Crippen LogP contribution in [0.3, 0.4) is 0 Å². The van der Waals surface area contributed by atoms with E-state index < -0.39 is 0 Å². The van der Waals surface area contributed by atoms with E-state index in [2.05, 4.69) is 20.8 Å². The first kappa shape index (κ1) is 15.4. The Morgan fingerprint density at radius 2 is 2.06 bits per heavy atom. The van der Waals surface area contributed by atoms with Gasteiger partial charge in [0.25, 0.3) is 0 Å². The maximum Gasteiger partial charge on any atom is 0.136 e. The van der Waals surface area contributed by atoms with E-state index in [1.54, 1.807) is 0 Å². The molecule has 0 amide bonds. The topological polar surface area (TPSA) is 63.3 Å². The fourth-order valence-corrected chi connectivity index (χ4v) is 1.90. The molecule has 1 aliphatic carbocycles.